The highest BCUT2D eigenvalue weighted by molar-refractivity contribution is 4.79. The minimum absolute atomic E-state index is 0. The molecule has 2 fully saturated rings. The van der Waals surface area contributed by atoms with E-state index in [-0.39, 0.29) is 7.43 Å². The molecule has 0 aromatic heterocycles. The number of rotatable bonds is 20. The van der Waals surface area contributed by atoms with Crippen LogP contribution in [0.5, 0.6) is 0 Å². The van der Waals surface area contributed by atoms with E-state index in [9.17, 15) is 0 Å². The molecule has 0 aromatic carbocycles. The molecule has 5 heteroatoms. The molecular weight excluding hydrogens is 779 g/mol. The monoisotopic (exact) mass is 910 g/mol. The fourth-order valence-electron chi connectivity index (χ4n) is 9.05. The first-order chi connectivity index (χ1) is 28.8. The Morgan fingerprint density at radius 3 is 1.31 bits per heavy atom. The third-order valence-corrected chi connectivity index (χ3v) is 12.1. The third-order valence-electron chi connectivity index (χ3n) is 12.1. The maximum absolute atomic E-state index is 3.54. The Morgan fingerprint density at radius 1 is 0.516 bits per heavy atom. The van der Waals surface area contributed by atoms with Gasteiger partial charge in [-0.05, 0) is 150 Å². The average Bonchev–Trinajstić information content (AvgIpc) is 3.66. The van der Waals surface area contributed by atoms with E-state index in [4.69, 9.17) is 0 Å². The second-order valence-electron chi connectivity index (χ2n) is 26.8. The molecule has 0 bridgehead atoms. The van der Waals surface area contributed by atoms with Crippen LogP contribution in [0, 0.1) is 38.9 Å². The van der Waals surface area contributed by atoms with Crippen LogP contribution < -0.4 is 5.32 Å². The first kappa shape index (κ1) is 70.4. The predicted molar refractivity (Wildman–Crippen MR) is 299 cm³/mol. The van der Waals surface area contributed by atoms with Crippen molar-refractivity contribution < 1.29 is 0 Å². The number of hydrogen-bond donors (Lipinski definition) is 1. The molecule has 2 aliphatic rings. The molecule has 2 aliphatic carbocycles. The van der Waals surface area contributed by atoms with Gasteiger partial charge in [-0.2, -0.15) is 0 Å². The first-order valence-corrected chi connectivity index (χ1v) is 27.4. The van der Waals surface area contributed by atoms with Crippen LogP contribution in [0.25, 0.3) is 0 Å². The fourth-order valence-corrected chi connectivity index (χ4v) is 9.05. The number of nitrogens with one attached hydrogen (secondary N) is 1. The summed E-state index contributed by atoms with van der Waals surface area (Å²) in [7, 11) is 2.23. The maximum atomic E-state index is 3.54. The van der Waals surface area contributed by atoms with Crippen LogP contribution in [0.2, 0.25) is 0 Å². The summed E-state index contributed by atoms with van der Waals surface area (Å²) in [4.78, 5) is 10.2. The highest BCUT2D eigenvalue weighted by Crippen LogP contribution is 2.28. The third kappa shape index (κ3) is 51.2. The van der Waals surface area contributed by atoms with Gasteiger partial charge in [0, 0.05) is 38.3 Å². The van der Waals surface area contributed by atoms with E-state index in [0.717, 1.165) is 24.4 Å². The Balaban J connectivity index is -0.000000352. The van der Waals surface area contributed by atoms with Crippen LogP contribution in [0.4, 0.5) is 0 Å². The molecule has 0 radical (unpaired) electrons. The van der Waals surface area contributed by atoms with E-state index in [1.165, 1.54) is 155 Å². The van der Waals surface area contributed by atoms with Gasteiger partial charge < -0.3 is 24.9 Å². The van der Waals surface area contributed by atoms with E-state index in [1.54, 1.807) is 0 Å². The second kappa shape index (κ2) is 37.7. The van der Waals surface area contributed by atoms with Crippen molar-refractivity contribution in [2.45, 2.75) is 269 Å². The molecule has 0 aliphatic heterocycles. The number of hydrogen-bond acceptors (Lipinski definition) is 5. The molecule has 0 amide bonds. The van der Waals surface area contributed by atoms with Gasteiger partial charge in [0.25, 0.3) is 0 Å². The van der Waals surface area contributed by atoms with E-state index in [1.807, 2.05) is 0 Å². The van der Waals surface area contributed by atoms with Gasteiger partial charge in [-0.25, -0.2) is 0 Å². The molecule has 0 saturated heterocycles. The molecule has 1 atom stereocenters. The highest BCUT2D eigenvalue weighted by Gasteiger charge is 2.24. The van der Waals surface area contributed by atoms with E-state index in [2.05, 4.69) is 191 Å². The average molecular weight is 911 g/mol. The van der Waals surface area contributed by atoms with Crippen molar-refractivity contribution in [3.63, 3.8) is 0 Å². The molecule has 1 N–H and O–H groups in total. The zero-order valence-corrected chi connectivity index (χ0v) is 48.8. The summed E-state index contributed by atoms with van der Waals surface area (Å²) >= 11 is 0. The van der Waals surface area contributed by atoms with E-state index in [0.29, 0.717) is 33.1 Å². The Kier molecular flexibility index (Phi) is 41.4. The zero-order valence-electron chi connectivity index (χ0n) is 48.8. The lowest BCUT2D eigenvalue weighted by atomic mass is 9.88. The number of nitrogens with zero attached hydrogens (tertiary/aromatic N) is 4. The van der Waals surface area contributed by atoms with Gasteiger partial charge in [-0.3, -0.25) is 0 Å². The van der Waals surface area contributed by atoms with Crippen LogP contribution >= 0.6 is 0 Å². The highest BCUT2D eigenvalue weighted by atomic mass is 15.2. The molecule has 0 spiro atoms. The Morgan fingerprint density at radius 2 is 0.953 bits per heavy atom. The lowest BCUT2D eigenvalue weighted by molar-refractivity contribution is 0.117. The molecule has 0 aromatic rings. The van der Waals surface area contributed by atoms with Gasteiger partial charge in [0.1, 0.15) is 0 Å². The standard InChI is InChI=1S/2C13H27N.C12H27N.C11H25N.C9H21N.CH4/c1-5-14(11-13(2,3)4)10-12-8-6-7-9-12;1-5-14(11-13(2,3)4)12-9-7-6-8-10-12;1-6-7-10-13(5)11-8-9-12(2,3)4;1-9(2)8-12-10(3)7-11(4,5)6;1-6-10(7-2)8-9(3,4)5;/h2*12H,5-11H2,1-4H3;6-11H2,1-5H3;9-10,12H,7-8H2,1-6H3;6-8H2,1-5H3;1H4. The molecule has 1 unspecified atom stereocenters. The van der Waals surface area contributed by atoms with Gasteiger partial charge in [0.15, 0.2) is 0 Å². The SMILES string of the molecule is C.CC(C)CNC(C)CC(C)(C)C.CCCCN(C)CCCC(C)(C)C.CCN(CC(C)(C)C)C1CCCCC1.CCN(CC)CC(C)(C)C.CCN(CC1CCCC1)CC(C)(C)C. The summed E-state index contributed by atoms with van der Waals surface area (Å²) in [6, 6.07) is 1.53. The van der Waals surface area contributed by atoms with Gasteiger partial charge in [0.2, 0.25) is 0 Å². The molecule has 0 heterocycles. The van der Waals surface area contributed by atoms with Crippen molar-refractivity contribution in [3.05, 3.63) is 0 Å². The lowest BCUT2D eigenvalue weighted by Gasteiger charge is -2.37. The molecule has 392 valence electrons. The molecule has 2 rings (SSSR count). The minimum Gasteiger partial charge on any atom is -0.314 e. The summed E-state index contributed by atoms with van der Waals surface area (Å²) in [5.74, 6) is 1.75. The molecule has 64 heavy (non-hydrogen) atoms. The van der Waals surface area contributed by atoms with Crippen LogP contribution in [-0.4, -0.2) is 111 Å². The Hall–Kier alpha value is -0.200. The fraction of sp³-hybridized carbons (Fsp3) is 1.00. The predicted octanol–water partition coefficient (Wildman–Crippen LogP) is 16.8. The Bertz CT molecular complexity index is 971. The van der Waals surface area contributed by atoms with Crippen LogP contribution in [-0.2, 0) is 0 Å². The lowest BCUT2D eigenvalue weighted by Crippen LogP contribution is -2.41. The topological polar surface area (TPSA) is 25.0 Å². The summed E-state index contributed by atoms with van der Waals surface area (Å²) in [5.41, 5.74) is 2.31. The van der Waals surface area contributed by atoms with Gasteiger partial charge >= 0.3 is 0 Å². The van der Waals surface area contributed by atoms with Crippen molar-refractivity contribution >= 4 is 0 Å². The van der Waals surface area contributed by atoms with Crippen LogP contribution in [0.1, 0.15) is 257 Å². The summed E-state index contributed by atoms with van der Waals surface area (Å²) in [6.45, 7) is 66.3. The molecule has 2 saturated carbocycles. The quantitative estimate of drug-likeness (QED) is 0.131. The van der Waals surface area contributed by atoms with Crippen LogP contribution in [0.15, 0.2) is 0 Å². The number of unbranched alkanes of at least 4 members (excludes halogenated alkanes) is 1. The van der Waals surface area contributed by atoms with Crippen molar-refractivity contribution in [1.82, 2.24) is 24.9 Å². The molecule has 5 nitrogen and oxygen atoms in total. The molecular formula is C59H131N5. The van der Waals surface area contributed by atoms with E-state index < -0.39 is 0 Å². The van der Waals surface area contributed by atoms with Gasteiger partial charge in [0.05, 0.1) is 0 Å². The largest absolute Gasteiger partial charge is 0.314 e. The summed E-state index contributed by atoms with van der Waals surface area (Å²) < 4.78 is 0. The van der Waals surface area contributed by atoms with Gasteiger partial charge in [-0.15, -0.1) is 0 Å². The Labute approximate surface area is 410 Å². The van der Waals surface area contributed by atoms with E-state index >= 15 is 0 Å². The summed E-state index contributed by atoms with van der Waals surface area (Å²) in [6.07, 6.45) is 19.7. The van der Waals surface area contributed by atoms with Crippen molar-refractivity contribution in [2.24, 2.45) is 38.9 Å². The summed E-state index contributed by atoms with van der Waals surface area (Å²) in [5, 5.41) is 3.54. The normalized spacial score (nSPS) is 16.1. The second-order valence-corrected chi connectivity index (χ2v) is 26.8. The minimum atomic E-state index is 0. The first-order valence-electron chi connectivity index (χ1n) is 27.4. The van der Waals surface area contributed by atoms with Crippen molar-refractivity contribution in [2.75, 3.05) is 79.0 Å². The maximum Gasteiger partial charge on any atom is 0.00953 e. The smallest absolute Gasteiger partial charge is 0.00953 e. The van der Waals surface area contributed by atoms with Crippen LogP contribution in [0.3, 0.4) is 0 Å². The van der Waals surface area contributed by atoms with Gasteiger partial charge in [-0.1, -0.05) is 198 Å². The zero-order chi connectivity index (χ0) is 49.5. The van der Waals surface area contributed by atoms with Crippen molar-refractivity contribution in [3.8, 4) is 0 Å². The van der Waals surface area contributed by atoms with Crippen molar-refractivity contribution in [1.29, 1.82) is 0 Å².